The second-order valence-electron chi connectivity index (χ2n) is 4.34. The summed E-state index contributed by atoms with van der Waals surface area (Å²) in [5, 5.41) is 3.28. The first-order valence-electron chi connectivity index (χ1n) is 6.28. The number of furan rings is 1. The van der Waals surface area contributed by atoms with Crippen LogP contribution in [0, 0.1) is 0 Å². The molecule has 100 valence electrons. The third-order valence-electron chi connectivity index (χ3n) is 2.98. The molecule has 0 spiro atoms. The fourth-order valence-corrected chi connectivity index (χ4v) is 2.03. The lowest BCUT2D eigenvalue weighted by Gasteiger charge is -2.20. The molecule has 0 saturated carbocycles. The SMILES string of the molecule is Nc1cc2c(cc1NCCc1ccco1)OCCO2. The van der Waals surface area contributed by atoms with Crippen LogP contribution in [0.25, 0.3) is 0 Å². The lowest BCUT2D eigenvalue weighted by molar-refractivity contribution is 0.172. The molecule has 0 fully saturated rings. The quantitative estimate of drug-likeness (QED) is 0.825. The highest BCUT2D eigenvalue weighted by Gasteiger charge is 2.14. The molecule has 5 nitrogen and oxygen atoms in total. The van der Waals surface area contributed by atoms with Gasteiger partial charge in [0.05, 0.1) is 17.6 Å². The van der Waals surface area contributed by atoms with E-state index in [4.69, 9.17) is 19.6 Å². The van der Waals surface area contributed by atoms with Crippen LogP contribution in [0.1, 0.15) is 5.76 Å². The largest absolute Gasteiger partial charge is 0.486 e. The molecule has 0 unspecified atom stereocenters. The van der Waals surface area contributed by atoms with Crippen molar-refractivity contribution in [2.24, 2.45) is 0 Å². The zero-order chi connectivity index (χ0) is 13.1. The van der Waals surface area contributed by atoms with Gasteiger partial charge < -0.3 is 24.9 Å². The molecule has 2 heterocycles. The normalized spacial score (nSPS) is 13.3. The predicted octanol–water partition coefficient (Wildman–Crippen LogP) is 2.29. The molecule has 5 heteroatoms. The van der Waals surface area contributed by atoms with Crippen molar-refractivity contribution in [2.45, 2.75) is 6.42 Å². The first-order valence-corrected chi connectivity index (χ1v) is 6.28. The summed E-state index contributed by atoms with van der Waals surface area (Å²) in [6.07, 6.45) is 2.48. The van der Waals surface area contributed by atoms with Crippen molar-refractivity contribution in [3.8, 4) is 11.5 Å². The molecule has 0 radical (unpaired) electrons. The minimum atomic E-state index is 0.567. The van der Waals surface area contributed by atoms with Gasteiger partial charge in [-0.15, -0.1) is 0 Å². The van der Waals surface area contributed by atoms with Gasteiger partial charge in [-0.2, -0.15) is 0 Å². The van der Waals surface area contributed by atoms with Crippen LogP contribution in [0.15, 0.2) is 34.9 Å². The highest BCUT2D eigenvalue weighted by molar-refractivity contribution is 5.72. The van der Waals surface area contributed by atoms with Crippen molar-refractivity contribution in [3.63, 3.8) is 0 Å². The molecule has 0 bridgehead atoms. The number of benzene rings is 1. The average molecular weight is 260 g/mol. The Kier molecular flexibility index (Phi) is 3.18. The number of hydrogen-bond acceptors (Lipinski definition) is 5. The lowest BCUT2D eigenvalue weighted by atomic mass is 10.2. The van der Waals surface area contributed by atoms with Crippen LogP contribution in [0.2, 0.25) is 0 Å². The molecular formula is C14H16N2O3. The van der Waals surface area contributed by atoms with E-state index in [9.17, 15) is 0 Å². The van der Waals surface area contributed by atoms with Crippen LogP contribution in [-0.2, 0) is 6.42 Å². The van der Waals surface area contributed by atoms with E-state index in [-0.39, 0.29) is 0 Å². The van der Waals surface area contributed by atoms with Crippen LogP contribution in [-0.4, -0.2) is 19.8 Å². The van der Waals surface area contributed by atoms with Crippen molar-refractivity contribution < 1.29 is 13.9 Å². The summed E-state index contributed by atoms with van der Waals surface area (Å²) >= 11 is 0. The smallest absolute Gasteiger partial charge is 0.163 e. The monoisotopic (exact) mass is 260 g/mol. The van der Waals surface area contributed by atoms with Crippen LogP contribution < -0.4 is 20.5 Å². The van der Waals surface area contributed by atoms with Gasteiger partial charge in [0.25, 0.3) is 0 Å². The highest BCUT2D eigenvalue weighted by atomic mass is 16.6. The standard InChI is InChI=1S/C14H16N2O3/c15-11-8-13-14(19-7-6-18-13)9-12(11)16-4-3-10-2-1-5-17-10/h1-2,5,8-9,16H,3-4,6-7,15H2. The maximum absolute atomic E-state index is 5.98. The molecule has 0 saturated heterocycles. The van der Waals surface area contributed by atoms with Gasteiger partial charge in [-0.25, -0.2) is 0 Å². The van der Waals surface area contributed by atoms with Crippen LogP contribution in [0.5, 0.6) is 11.5 Å². The number of anilines is 2. The number of rotatable bonds is 4. The number of fused-ring (bicyclic) bond motifs is 1. The number of ether oxygens (including phenoxy) is 2. The Labute approximate surface area is 111 Å². The number of nitrogen functional groups attached to an aromatic ring is 1. The van der Waals surface area contributed by atoms with Crippen LogP contribution in [0.4, 0.5) is 11.4 Å². The molecule has 19 heavy (non-hydrogen) atoms. The summed E-state index contributed by atoms with van der Waals surface area (Å²) in [5.74, 6) is 2.39. The molecule has 0 aliphatic carbocycles. The Morgan fingerprint density at radius 2 is 1.95 bits per heavy atom. The topological polar surface area (TPSA) is 69.7 Å². The predicted molar refractivity (Wildman–Crippen MR) is 72.7 cm³/mol. The summed E-state index contributed by atoms with van der Waals surface area (Å²) in [6.45, 7) is 1.89. The summed E-state index contributed by atoms with van der Waals surface area (Å²) < 4.78 is 16.3. The minimum Gasteiger partial charge on any atom is -0.486 e. The van der Waals surface area contributed by atoms with Crippen LogP contribution >= 0.6 is 0 Å². The molecule has 1 aliphatic heterocycles. The fraction of sp³-hybridized carbons (Fsp3) is 0.286. The van der Waals surface area contributed by atoms with E-state index >= 15 is 0 Å². The van der Waals surface area contributed by atoms with Crippen molar-refractivity contribution >= 4 is 11.4 Å². The summed E-state index contributed by atoms with van der Waals surface area (Å²) in [5.41, 5.74) is 7.50. The van der Waals surface area contributed by atoms with Gasteiger partial charge in [0, 0.05) is 25.1 Å². The van der Waals surface area contributed by atoms with Gasteiger partial charge in [-0.1, -0.05) is 0 Å². The molecule has 1 aromatic carbocycles. The number of nitrogens with one attached hydrogen (secondary N) is 1. The van der Waals surface area contributed by atoms with Gasteiger partial charge in [0.2, 0.25) is 0 Å². The van der Waals surface area contributed by atoms with E-state index in [0.29, 0.717) is 24.7 Å². The minimum absolute atomic E-state index is 0.567. The highest BCUT2D eigenvalue weighted by Crippen LogP contribution is 2.36. The average Bonchev–Trinajstić information content (AvgIpc) is 2.92. The fourth-order valence-electron chi connectivity index (χ4n) is 2.03. The molecular weight excluding hydrogens is 244 g/mol. The number of nitrogens with two attached hydrogens (primary N) is 1. The Morgan fingerprint density at radius 1 is 1.16 bits per heavy atom. The maximum Gasteiger partial charge on any atom is 0.163 e. The van der Waals surface area contributed by atoms with E-state index in [1.807, 2.05) is 18.2 Å². The second kappa shape index (κ2) is 5.14. The van der Waals surface area contributed by atoms with E-state index in [2.05, 4.69) is 5.32 Å². The molecule has 2 aromatic rings. The third kappa shape index (κ3) is 2.59. The Morgan fingerprint density at radius 3 is 2.68 bits per heavy atom. The molecule has 0 amide bonds. The maximum atomic E-state index is 5.98. The van der Waals surface area contributed by atoms with E-state index in [1.54, 1.807) is 12.3 Å². The lowest BCUT2D eigenvalue weighted by Crippen LogP contribution is -2.16. The third-order valence-corrected chi connectivity index (χ3v) is 2.98. The molecule has 3 N–H and O–H groups in total. The zero-order valence-electron chi connectivity index (χ0n) is 10.5. The molecule has 3 rings (SSSR count). The molecule has 1 aliphatic rings. The van der Waals surface area contributed by atoms with Gasteiger partial charge >= 0.3 is 0 Å². The van der Waals surface area contributed by atoms with Crippen molar-refractivity contribution in [2.75, 3.05) is 30.8 Å². The van der Waals surface area contributed by atoms with Crippen molar-refractivity contribution in [1.82, 2.24) is 0 Å². The van der Waals surface area contributed by atoms with E-state index < -0.39 is 0 Å². The molecule has 0 atom stereocenters. The Hall–Kier alpha value is -2.30. The summed E-state index contributed by atoms with van der Waals surface area (Å²) in [7, 11) is 0. The van der Waals surface area contributed by atoms with Crippen molar-refractivity contribution in [3.05, 3.63) is 36.3 Å². The van der Waals surface area contributed by atoms with Crippen molar-refractivity contribution in [1.29, 1.82) is 0 Å². The second-order valence-corrected chi connectivity index (χ2v) is 4.34. The first-order chi connectivity index (χ1) is 9.33. The van der Waals surface area contributed by atoms with Gasteiger partial charge in [-0.3, -0.25) is 0 Å². The molecule has 1 aromatic heterocycles. The first kappa shape index (κ1) is 11.8. The van der Waals surface area contributed by atoms with E-state index in [0.717, 1.165) is 30.2 Å². The van der Waals surface area contributed by atoms with Gasteiger partial charge in [-0.05, 0) is 12.1 Å². The Balaban J connectivity index is 1.67. The zero-order valence-corrected chi connectivity index (χ0v) is 10.5. The summed E-state index contributed by atoms with van der Waals surface area (Å²) in [4.78, 5) is 0. The van der Waals surface area contributed by atoms with Gasteiger partial charge in [0.15, 0.2) is 11.5 Å². The number of hydrogen-bond donors (Lipinski definition) is 2. The Bertz CT molecular complexity index is 552. The van der Waals surface area contributed by atoms with Crippen LogP contribution in [0.3, 0.4) is 0 Å². The summed E-state index contributed by atoms with van der Waals surface area (Å²) in [6, 6.07) is 7.51. The van der Waals surface area contributed by atoms with Gasteiger partial charge in [0.1, 0.15) is 19.0 Å². The van der Waals surface area contributed by atoms with E-state index in [1.165, 1.54) is 0 Å².